The second-order valence-corrected chi connectivity index (χ2v) is 8.03. The van der Waals surface area contributed by atoms with Crippen LogP contribution in [0.25, 0.3) is 0 Å². The molecule has 10 nitrogen and oxygen atoms in total. The van der Waals surface area contributed by atoms with Crippen LogP contribution in [0, 0.1) is 5.82 Å². The normalized spacial score (nSPS) is 16.4. The van der Waals surface area contributed by atoms with E-state index in [4.69, 9.17) is 4.74 Å². The number of piperazine rings is 1. The molecule has 3 aromatic rings. The summed E-state index contributed by atoms with van der Waals surface area (Å²) in [5.41, 5.74) is 1.52. The Bertz CT molecular complexity index is 1110. The van der Waals surface area contributed by atoms with E-state index in [1.54, 1.807) is 36.9 Å². The van der Waals surface area contributed by atoms with Crippen LogP contribution < -0.4 is 20.0 Å². The lowest BCUT2D eigenvalue weighted by Crippen LogP contribution is -2.47. The molecule has 34 heavy (non-hydrogen) atoms. The predicted octanol–water partition coefficient (Wildman–Crippen LogP) is 1.82. The third-order valence-corrected chi connectivity index (χ3v) is 5.90. The van der Waals surface area contributed by atoms with E-state index in [9.17, 15) is 9.18 Å². The Morgan fingerprint density at radius 1 is 0.853 bits per heavy atom. The van der Waals surface area contributed by atoms with Gasteiger partial charge in [-0.05, 0) is 18.2 Å². The van der Waals surface area contributed by atoms with Crippen LogP contribution in [0.1, 0.15) is 10.4 Å². The molecule has 0 radical (unpaired) electrons. The van der Waals surface area contributed by atoms with E-state index >= 15 is 0 Å². The summed E-state index contributed by atoms with van der Waals surface area (Å²) in [5, 5.41) is 2.81. The van der Waals surface area contributed by atoms with Crippen LogP contribution >= 0.6 is 0 Å². The Balaban J connectivity index is 1.15. The first-order chi connectivity index (χ1) is 16.7. The molecule has 2 fully saturated rings. The molecular weight excluding hydrogens is 439 g/mol. The van der Waals surface area contributed by atoms with Crippen molar-refractivity contribution in [3.8, 4) is 0 Å². The smallest absolute Gasteiger partial charge is 0.257 e. The molecule has 176 valence electrons. The number of hydrogen-bond donors (Lipinski definition) is 1. The van der Waals surface area contributed by atoms with Crippen molar-refractivity contribution in [3.05, 3.63) is 60.6 Å². The minimum atomic E-state index is -0.321. The molecule has 1 N–H and O–H groups in total. The lowest BCUT2D eigenvalue weighted by atomic mass is 10.2. The molecule has 0 aliphatic carbocycles. The van der Waals surface area contributed by atoms with E-state index in [-0.39, 0.29) is 11.7 Å². The number of anilines is 4. The average Bonchev–Trinajstić information content (AvgIpc) is 2.90. The van der Waals surface area contributed by atoms with Crippen molar-refractivity contribution in [2.24, 2.45) is 0 Å². The van der Waals surface area contributed by atoms with E-state index in [0.717, 1.165) is 18.9 Å². The van der Waals surface area contributed by atoms with Gasteiger partial charge in [-0.15, -0.1) is 0 Å². The second-order valence-electron chi connectivity index (χ2n) is 8.03. The second kappa shape index (κ2) is 9.96. The van der Waals surface area contributed by atoms with Crippen molar-refractivity contribution in [1.29, 1.82) is 0 Å². The number of hydrogen-bond acceptors (Lipinski definition) is 9. The van der Waals surface area contributed by atoms with Gasteiger partial charge in [0, 0.05) is 51.7 Å². The fourth-order valence-corrected chi connectivity index (χ4v) is 4.02. The van der Waals surface area contributed by atoms with Crippen molar-refractivity contribution in [3.63, 3.8) is 0 Å². The zero-order valence-corrected chi connectivity index (χ0v) is 18.6. The fourth-order valence-electron chi connectivity index (χ4n) is 4.02. The van der Waals surface area contributed by atoms with Crippen LogP contribution in [-0.2, 0) is 4.74 Å². The average molecular weight is 465 g/mol. The Morgan fingerprint density at radius 3 is 2.26 bits per heavy atom. The highest BCUT2D eigenvalue weighted by atomic mass is 19.1. The van der Waals surface area contributed by atoms with Crippen molar-refractivity contribution in [2.45, 2.75) is 0 Å². The van der Waals surface area contributed by atoms with Crippen LogP contribution in [0.4, 0.5) is 27.5 Å². The summed E-state index contributed by atoms with van der Waals surface area (Å²) in [5.74, 6) is 0.812. The number of halogens is 1. The minimum absolute atomic E-state index is 0.273. The number of carbonyl (C=O) groups is 1. The minimum Gasteiger partial charge on any atom is -0.378 e. The van der Waals surface area contributed by atoms with Crippen molar-refractivity contribution >= 4 is 29.0 Å². The number of ether oxygens (including phenoxy) is 1. The van der Waals surface area contributed by atoms with Gasteiger partial charge in [-0.25, -0.2) is 19.3 Å². The van der Waals surface area contributed by atoms with Crippen LogP contribution in [0.2, 0.25) is 0 Å². The van der Waals surface area contributed by atoms with Gasteiger partial charge >= 0.3 is 0 Å². The Hall–Kier alpha value is -3.86. The van der Waals surface area contributed by atoms with Gasteiger partial charge in [-0.3, -0.25) is 9.78 Å². The van der Waals surface area contributed by atoms with E-state index in [0.29, 0.717) is 62.3 Å². The number of amides is 1. The summed E-state index contributed by atoms with van der Waals surface area (Å²) >= 11 is 0. The number of nitrogens with zero attached hydrogens (tertiary/aromatic N) is 7. The number of carbonyl (C=O) groups excluding carboxylic acids is 1. The molecule has 1 amide bonds. The van der Waals surface area contributed by atoms with Crippen LogP contribution in [-0.4, -0.2) is 78.3 Å². The quantitative estimate of drug-likeness (QED) is 0.606. The topological polar surface area (TPSA) is 99.6 Å². The van der Waals surface area contributed by atoms with Crippen LogP contribution in [0.15, 0.2) is 49.2 Å². The predicted molar refractivity (Wildman–Crippen MR) is 126 cm³/mol. The third kappa shape index (κ3) is 4.88. The molecule has 2 aliphatic rings. The first-order valence-electron chi connectivity index (χ1n) is 11.2. The summed E-state index contributed by atoms with van der Waals surface area (Å²) in [6, 6.07) is 5.29. The molecule has 0 bridgehead atoms. The van der Waals surface area contributed by atoms with Crippen LogP contribution in [0.3, 0.4) is 0 Å². The lowest BCUT2D eigenvalue weighted by molar-refractivity contribution is 0.102. The Morgan fingerprint density at radius 2 is 1.59 bits per heavy atom. The summed E-state index contributed by atoms with van der Waals surface area (Å²) in [6.45, 7) is 5.56. The largest absolute Gasteiger partial charge is 0.378 e. The lowest BCUT2D eigenvalue weighted by Gasteiger charge is -2.36. The van der Waals surface area contributed by atoms with Crippen molar-refractivity contribution < 1.29 is 13.9 Å². The van der Waals surface area contributed by atoms with Gasteiger partial charge in [0.05, 0.1) is 48.7 Å². The Kier molecular flexibility index (Phi) is 6.43. The van der Waals surface area contributed by atoms with Crippen molar-refractivity contribution in [1.82, 2.24) is 19.9 Å². The highest BCUT2D eigenvalue weighted by Crippen LogP contribution is 2.21. The number of morpholine rings is 1. The summed E-state index contributed by atoms with van der Waals surface area (Å²) < 4.78 is 19.3. The standard InChI is InChI=1S/C23H25FN8O2/c24-19-16-25-4-3-20(19)30-5-7-32(8-6-30)23-27-14-18(15-28-23)29-22(33)17-1-2-21(26-13-17)31-9-11-34-12-10-31/h1-4,13-16H,5-12H2,(H,29,33). The molecule has 0 aromatic carbocycles. The molecule has 11 heteroatoms. The highest BCUT2D eigenvalue weighted by molar-refractivity contribution is 6.04. The summed E-state index contributed by atoms with van der Waals surface area (Å²) in [4.78, 5) is 35.8. The van der Waals surface area contributed by atoms with E-state index in [1.165, 1.54) is 6.20 Å². The first kappa shape index (κ1) is 22.0. The highest BCUT2D eigenvalue weighted by Gasteiger charge is 2.21. The zero-order valence-electron chi connectivity index (χ0n) is 18.6. The number of rotatable bonds is 5. The SMILES string of the molecule is O=C(Nc1cnc(N2CCN(c3ccncc3F)CC2)nc1)c1ccc(N2CCOCC2)nc1. The van der Waals surface area contributed by atoms with Crippen LogP contribution in [0.5, 0.6) is 0 Å². The maximum atomic E-state index is 14.0. The maximum Gasteiger partial charge on any atom is 0.257 e. The molecule has 2 saturated heterocycles. The van der Waals surface area contributed by atoms with Gasteiger partial charge in [0.15, 0.2) is 5.82 Å². The summed E-state index contributed by atoms with van der Waals surface area (Å²) in [6.07, 6.45) is 7.57. The van der Waals surface area contributed by atoms with Gasteiger partial charge in [0.1, 0.15) is 5.82 Å². The number of pyridine rings is 2. The zero-order chi connectivity index (χ0) is 23.3. The molecule has 5 rings (SSSR count). The third-order valence-electron chi connectivity index (χ3n) is 5.90. The molecule has 2 aliphatic heterocycles. The molecule has 5 heterocycles. The monoisotopic (exact) mass is 464 g/mol. The molecule has 0 spiro atoms. The molecule has 0 saturated carbocycles. The van der Waals surface area contributed by atoms with Gasteiger partial charge in [0.2, 0.25) is 5.95 Å². The molecule has 0 unspecified atom stereocenters. The first-order valence-corrected chi connectivity index (χ1v) is 11.2. The summed E-state index contributed by atoms with van der Waals surface area (Å²) in [7, 11) is 0. The molecular formula is C23H25FN8O2. The van der Waals surface area contributed by atoms with E-state index in [1.807, 2.05) is 15.9 Å². The van der Waals surface area contributed by atoms with E-state index < -0.39 is 0 Å². The van der Waals surface area contributed by atoms with Gasteiger partial charge in [-0.1, -0.05) is 0 Å². The Labute approximate surface area is 196 Å². The molecule has 0 atom stereocenters. The van der Waals surface area contributed by atoms with E-state index in [2.05, 4.69) is 30.2 Å². The van der Waals surface area contributed by atoms with Gasteiger partial charge < -0.3 is 24.8 Å². The number of nitrogens with one attached hydrogen (secondary N) is 1. The molecule has 3 aromatic heterocycles. The van der Waals surface area contributed by atoms with Crippen molar-refractivity contribution in [2.75, 3.05) is 72.5 Å². The van der Waals surface area contributed by atoms with Gasteiger partial charge in [-0.2, -0.15) is 0 Å². The number of aromatic nitrogens is 4. The van der Waals surface area contributed by atoms with Gasteiger partial charge in [0.25, 0.3) is 5.91 Å². The maximum absolute atomic E-state index is 14.0. The fraction of sp³-hybridized carbons (Fsp3) is 0.348.